The second-order valence-corrected chi connectivity index (χ2v) is 5.46. The van der Waals surface area contributed by atoms with Gasteiger partial charge in [-0.05, 0) is 30.0 Å². The zero-order valence-corrected chi connectivity index (χ0v) is 10.3. The highest BCUT2D eigenvalue weighted by atomic mass is 19.4. The molecule has 19 heavy (non-hydrogen) atoms. The minimum absolute atomic E-state index is 0.119. The Morgan fingerprint density at radius 2 is 1.84 bits per heavy atom. The number of carboxylic acids is 1. The zero-order chi connectivity index (χ0) is 14.6. The van der Waals surface area contributed by atoms with Crippen LogP contribution in [0.2, 0.25) is 0 Å². The van der Waals surface area contributed by atoms with Gasteiger partial charge in [0.05, 0.1) is 5.56 Å². The highest BCUT2D eigenvalue weighted by Crippen LogP contribution is 2.65. The van der Waals surface area contributed by atoms with Gasteiger partial charge in [0.2, 0.25) is 0 Å². The van der Waals surface area contributed by atoms with E-state index in [2.05, 4.69) is 0 Å². The maximum Gasteiger partial charge on any atom is 0.416 e. The molecule has 0 saturated heterocycles. The first-order valence-electron chi connectivity index (χ1n) is 5.63. The van der Waals surface area contributed by atoms with Gasteiger partial charge in [-0.15, -0.1) is 0 Å². The molecule has 1 atom stereocenters. The van der Waals surface area contributed by atoms with E-state index in [1.807, 2.05) is 0 Å². The number of hydrogen-bond acceptors (Lipinski definition) is 1. The van der Waals surface area contributed by atoms with Crippen molar-refractivity contribution in [2.45, 2.75) is 31.9 Å². The van der Waals surface area contributed by atoms with Crippen molar-refractivity contribution in [3.63, 3.8) is 0 Å². The summed E-state index contributed by atoms with van der Waals surface area (Å²) in [4.78, 5) is 11.4. The molecule has 2 nitrogen and oxygen atoms in total. The predicted molar refractivity (Wildman–Crippen MR) is 59.1 cm³/mol. The molecule has 1 saturated carbocycles. The summed E-state index contributed by atoms with van der Waals surface area (Å²) in [7, 11) is 0. The Bertz CT molecular complexity index is 548. The third kappa shape index (κ3) is 1.89. The van der Waals surface area contributed by atoms with E-state index in [1.54, 1.807) is 13.8 Å². The van der Waals surface area contributed by atoms with Gasteiger partial charge in [0.25, 0.3) is 0 Å². The molecule has 1 fully saturated rings. The number of alkyl halides is 3. The fraction of sp³-hybridized carbons (Fsp3) is 0.462. The molecule has 1 aliphatic rings. The van der Waals surface area contributed by atoms with E-state index in [1.165, 1.54) is 0 Å². The summed E-state index contributed by atoms with van der Waals surface area (Å²) in [6.45, 7) is 3.20. The Morgan fingerprint density at radius 3 is 2.21 bits per heavy atom. The summed E-state index contributed by atoms with van der Waals surface area (Å²) in [6, 6.07) is 1.90. The average Bonchev–Trinajstić information content (AvgIpc) is 2.82. The van der Waals surface area contributed by atoms with Crippen molar-refractivity contribution in [3.8, 4) is 0 Å². The Balaban J connectivity index is 2.60. The first-order valence-corrected chi connectivity index (χ1v) is 5.63. The number of benzene rings is 1. The van der Waals surface area contributed by atoms with Crippen LogP contribution in [0.15, 0.2) is 18.2 Å². The molecule has 104 valence electrons. The summed E-state index contributed by atoms with van der Waals surface area (Å²) in [6.07, 6.45) is -4.51. The lowest BCUT2D eigenvalue weighted by molar-refractivity contribution is -0.142. The third-order valence-electron chi connectivity index (χ3n) is 3.86. The van der Waals surface area contributed by atoms with Gasteiger partial charge >= 0.3 is 12.1 Å². The first-order chi connectivity index (χ1) is 8.52. The molecule has 2 rings (SSSR count). The van der Waals surface area contributed by atoms with E-state index in [0.717, 1.165) is 0 Å². The maximum absolute atomic E-state index is 13.8. The summed E-state index contributed by atoms with van der Waals surface area (Å²) in [5.41, 5.74) is -3.76. The van der Waals surface area contributed by atoms with E-state index in [-0.39, 0.29) is 12.0 Å². The van der Waals surface area contributed by atoms with Crippen LogP contribution in [0.1, 0.15) is 31.4 Å². The summed E-state index contributed by atoms with van der Waals surface area (Å²) in [5.74, 6) is -2.21. The second-order valence-electron chi connectivity index (χ2n) is 5.46. The predicted octanol–water partition coefficient (Wildman–Crippen LogP) is 3.60. The zero-order valence-electron chi connectivity index (χ0n) is 10.3. The summed E-state index contributed by atoms with van der Waals surface area (Å²) < 4.78 is 51.7. The summed E-state index contributed by atoms with van der Waals surface area (Å²) >= 11 is 0. The number of halogens is 4. The first kappa shape index (κ1) is 13.8. The van der Waals surface area contributed by atoms with Gasteiger partial charge in [-0.3, -0.25) is 4.79 Å². The monoisotopic (exact) mass is 276 g/mol. The largest absolute Gasteiger partial charge is 0.481 e. The van der Waals surface area contributed by atoms with Crippen LogP contribution in [0.3, 0.4) is 0 Å². The standard InChI is InChI=1S/C13H12F4O2/c1-11(2)6-12(11,10(18)19)8-5-7(13(15,16)17)3-4-9(8)14/h3-5H,6H2,1-2H3,(H,18,19). The van der Waals surface area contributed by atoms with Gasteiger partial charge in [0.15, 0.2) is 0 Å². The number of carbonyl (C=O) groups is 1. The van der Waals surface area contributed by atoms with E-state index >= 15 is 0 Å². The lowest BCUT2D eigenvalue weighted by Gasteiger charge is -2.18. The maximum atomic E-state index is 13.8. The van der Waals surface area contributed by atoms with Crippen LogP contribution in [0, 0.1) is 11.2 Å². The van der Waals surface area contributed by atoms with Crippen LogP contribution < -0.4 is 0 Å². The van der Waals surface area contributed by atoms with Crippen molar-refractivity contribution >= 4 is 5.97 Å². The molecule has 0 amide bonds. The fourth-order valence-electron chi connectivity index (χ4n) is 2.59. The molecule has 6 heteroatoms. The minimum atomic E-state index is -4.62. The molecule has 1 unspecified atom stereocenters. The van der Waals surface area contributed by atoms with Crippen LogP contribution in [0.5, 0.6) is 0 Å². The molecule has 0 aliphatic heterocycles. The molecule has 0 radical (unpaired) electrons. The van der Waals surface area contributed by atoms with Gasteiger partial charge in [0.1, 0.15) is 11.2 Å². The number of carboxylic acid groups (broad SMARTS) is 1. The Morgan fingerprint density at radius 1 is 1.32 bits per heavy atom. The van der Waals surface area contributed by atoms with Crippen LogP contribution in [-0.2, 0) is 16.4 Å². The SMILES string of the molecule is CC1(C)CC1(C(=O)O)c1cc(C(F)(F)F)ccc1F. The lowest BCUT2D eigenvalue weighted by Crippen LogP contribution is -2.27. The van der Waals surface area contributed by atoms with Gasteiger partial charge in [-0.1, -0.05) is 13.8 Å². The second kappa shape index (κ2) is 3.71. The third-order valence-corrected chi connectivity index (χ3v) is 3.86. The van der Waals surface area contributed by atoms with Crippen LogP contribution >= 0.6 is 0 Å². The van der Waals surface area contributed by atoms with Crippen molar-refractivity contribution in [1.82, 2.24) is 0 Å². The molecular weight excluding hydrogens is 264 g/mol. The van der Waals surface area contributed by atoms with Gasteiger partial charge in [-0.25, -0.2) is 4.39 Å². The fourth-order valence-corrected chi connectivity index (χ4v) is 2.59. The van der Waals surface area contributed by atoms with E-state index < -0.39 is 34.4 Å². The smallest absolute Gasteiger partial charge is 0.416 e. The molecule has 1 aromatic carbocycles. The van der Waals surface area contributed by atoms with Crippen molar-refractivity contribution in [2.75, 3.05) is 0 Å². The van der Waals surface area contributed by atoms with E-state index in [9.17, 15) is 27.5 Å². The highest BCUT2D eigenvalue weighted by Gasteiger charge is 2.68. The average molecular weight is 276 g/mol. The van der Waals surface area contributed by atoms with Crippen molar-refractivity contribution in [3.05, 3.63) is 35.1 Å². The highest BCUT2D eigenvalue weighted by molar-refractivity contribution is 5.87. The normalized spacial score (nSPS) is 25.2. The van der Waals surface area contributed by atoms with Gasteiger partial charge < -0.3 is 5.11 Å². The summed E-state index contributed by atoms with van der Waals surface area (Å²) in [5, 5.41) is 9.26. The van der Waals surface area contributed by atoms with Crippen molar-refractivity contribution in [1.29, 1.82) is 0 Å². The number of rotatable bonds is 2. The number of aliphatic carboxylic acids is 1. The van der Waals surface area contributed by atoms with Crippen molar-refractivity contribution in [2.24, 2.45) is 5.41 Å². The molecular formula is C13H12F4O2. The Kier molecular flexibility index (Phi) is 2.70. The molecule has 0 bridgehead atoms. The quantitative estimate of drug-likeness (QED) is 0.838. The molecule has 1 aromatic rings. The van der Waals surface area contributed by atoms with Gasteiger partial charge in [0, 0.05) is 5.56 Å². The minimum Gasteiger partial charge on any atom is -0.481 e. The van der Waals surface area contributed by atoms with Crippen molar-refractivity contribution < 1.29 is 27.5 Å². The number of hydrogen-bond donors (Lipinski definition) is 1. The topological polar surface area (TPSA) is 37.3 Å². The van der Waals surface area contributed by atoms with Crippen LogP contribution in [-0.4, -0.2) is 11.1 Å². The van der Waals surface area contributed by atoms with Gasteiger partial charge in [-0.2, -0.15) is 13.2 Å². The van der Waals surface area contributed by atoms with E-state index in [0.29, 0.717) is 18.2 Å². The van der Waals surface area contributed by atoms with Crippen LogP contribution in [0.25, 0.3) is 0 Å². The van der Waals surface area contributed by atoms with E-state index in [4.69, 9.17) is 0 Å². The molecule has 1 N–H and O–H groups in total. The Hall–Kier alpha value is -1.59. The lowest BCUT2D eigenvalue weighted by atomic mass is 9.86. The molecule has 1 aliphatic carbocycles. The molecule has 0 spiro atoms. The molecule has 0 aromatic heterocycles. The Labute approximate surface area is 107 Å². The van der Waals surface area contributed by atoms with Crippen LogP contribution in [0.4, 0.5) is 17.6 Å². The molecule has 0 heterocycles.